The number of esters is 1. The minimum atomic E-state index is -0.670. The molecule has 1 aromatic carbocycles. The van der Waals surface area contributed by atoms with E-state index >= 15 is 0 Å². The fourth-order valence-corrected chi connectivity index (χ4v) is 2.23. The summed E-state index contributed by atoms with van der Waals surface area (Å²) in [6.07, 6.45) is 1.29. The molecule has 0 aliphatic carbocycles. The Bertz CT molecular complexity index is 836. The van der Waals surface area contributed by atoms with Gasteiger partial charge in [-0.1, -0.05) is 30.3 Å². The molecule has 0 saturated carbocycles. The van der Waals surface area contributed by atoms with Crippen molar-refractivity contribution in [1.29, 1.82) is 0 Å². The Kier molecular flexibility index (Phi) is 5.36. The van der Waals surface area contributed by atoms with E-state index in [9.17, 15) is 14.4 Å². The van der Waals surface area contributed by atoms with Crippen LogP contribution in [0.2, 0.25) is 0 Å². The lowest BCUT2D eigenvalue weighted by molar-refractivity contribution is -0.155. The number of carbonyl (C=O) groups is 2. The maximum absolute atomic E-state index is 12.7. The van der Waals surface area contributed by atoms with E-state index in [1.807, 2.05) is 6.07 Å². The van der Waals surface area contributed by atoms with Crippen LogP contribution in [0.15, 0.2) is 41.3 Å². The van der Waals surface area contributed by atoms with E-state index in [0.717, 1.165) is 0 Å². The molecule has 1 heterocycles. The Labute approximate surface area is 145 Å². The Morgan fingerprint density at radius 3 is 2.40 bits per heavy atom. The second kappa shape index (κ2) is 7.29. The number of nitrogens with one attached hydrogen (secondary N) is 1. The van der Waals surface area contributed by atoms with Crippen LogP contribution in [0.4, 0.5) is 5.69 Å². The van der Waals surface area contributed by atoms with Gasteiger partial charge in [0, 0.05) is 12.5 Å². The molecule has 0 spiro atoms. The average molecular weight is 343 g/mol. The Morgan fingerprint density at radius 1 is 1.20 bits per heavy atom. The second-order valence-electron chi connectivity index (χ2n) is 6.52. The van der Waals surface area contributed by atoms with E-state index in [-0.39, 0.29) is 12.2 Å². The third-order valence-electron chi connectivity index (χ3n) is 3.10. The van der Waals surface area contributed by atoms with Crippen LogP contribution in [0.1, 0.15) is 27.7 Å². The van der Waals surface area contributed by atoms with E-state index in [0.29, 0.717) is 11.4 Å². The van der Waals surface area contributed by atoms with Gasteiger partial charge < -0.3 is 10.1 Å². The van der Waals surface area contributed by atoms with Crippen molar-refractivity contribution in [1.82, 2.24) is 9.55 Å². The van der Waals surface area contributed by atoms with Crippen molar-refractivity contribution in [3.8, 4) is 11.4 Å². The summed E-state index contributed by atoms with van der Waals surface area (Å²) in [5.74, 6) is -0.630. The molecule has 0 bridgehead atoms. The van der Waals surface area contributed by atoms with Crippen molar-refractivity contribution >= 4 is 17.6 Å². The van der Waals surface area contributed by atoms with Gasteiger partial charge in [0.15, 0.2) is 0 Å². The topological polar surface area (TPSA) is 90.3 Å². The van der Waals surface area contributed by atoms with Gasteiger partial charge in [-0.15, -0.1) is 0 Å². The Hall–Kier alpha value is -2.96. The molecule has 1 amide bonds. The highest BCUT2D eigenvalue weighted by atomic mass is 16.6. The molecule has 1 N–H and O–H groups in total. The van der Waals surface area contributed by atoms with Gasteiger partial charge in [0.05, 0.1) is 6.20 Å². The highest BCUT2D eigenvalue weighted by molar-refractivity contribution is 5.88. The number of nitrogens with zero attached hydrogens (tertiary/aromatic N) is 2. The molecule has 0 aliphatic rings. The summed E-state index contributed by atoms with van der Waals surface area (Å²) in [4.78, 5) is 40.4. The van der Waals surface area contributed by atoms with Crippen LogP contribution >= 0.6 is 0 Å². The number of rotatable bonds is 4. The van der Waals surface area contributed by atoms with E-state index in [4.69, 9.17) is 4.74 Å². The lowest BCUT2D eigenvalue weighted by Gasteiger charge is -2.20. The zero-order valence-electron chi connectivity index (χ0n) is 14.7. The molecule has 0 saturated heterocycles. The zero-order chi connectivity index (χ0) is 18.6. The van der Waals surface area contributed by atoms with Crippen molar-refractivity contribution in [2.75, 3.05) is 5.32 Å². The number of amides is 1. The van der Waals surface area contributed by atoms with Gasteiger partial charge in [-0.25, -0.2) is 4.98 Å². The first-order valence-corrected chi connectivity index (χ1v) is 7.82. The number of aromatic nitrogens is 2. The number of carbonyl (C=O) groups excluding carboxylic acids is 2. The first-order chi connectivity index (χ1) is 11.7. The van der Waals surface area contributed by atoms with Crippen LogP contribution in [0.3, 0.4) is 0 Å². The Balaban J connectivity index is 2.50. The van der Waals surface area contributed by atoms with Crippen LogP contribution in [-0.4, -0.2) is 27.0 Å². The normalized spacial score (nSPS) is 11.0. The monoisotopic (exact) mass is 343 g/mol. The largest absolute Gasteiger partial charge is 0.459 e. The maximum atomic E-state index is 12.7. The highest BCUT2D eigenvalue weighted by Crippen LogP contribution is 2.17. The lowest BCUT2D eigenvalue weighted by atomic mass is 10.2. The van der Waals surface area contributed by atoms with Crippen LogP contribution < -0.4 is 10.9 Å². The van der Waals surface area contributed by atoms with Crippen LogP contribution in [0.25, 0.3) is 11.4 Å². The van der Waals surface area contributed by atoms with Crippen LogP contribution in [0, 0.1) is 0 Å². The smallest absolute Gasteiger partial charge is 0.326 e. The summed E-state index contributed by atoms with van der Waals surface area (Å²) in [6.45, 7) is 6.23. The van der Waals surface area contributed by atoms with Crippen molar-refractivity contribution in [2.24, 2.45) is 0 Å². The number of anilines is 1. The molecule has 2 rings (SSSR count). The quantitative estimate of drug-likeness (QED) is 0.860. The predicted octanol–water partition coefficient (Wildman–Crippen LogP) is 2.21. The molecular formula is C18H21N3O4. The molecule has 0 atom stereocenters. The molecule has 0 aliphatic heterocycles. The first kappa shape index (κ1) is 18.4. The van der Waals surface area contributed by atoms with Crippen molar-refractivity contribution < 1.29 is 14.3 Å². The van der Waals surface area contributed by atoms with E-state index in [1.54, 1.807) is 45.0 Å². The standard InChI is InChI=1S/C18H21N3O4/c1-12(22)20-14-10-19-16(13-8-6-5-7-9-13)21(17(14)24)11-15(23)25-18(2,3)4/h5-10H,11H2,1-4H3,(H,20,22). The van der Waals surface area contributed by atoms with E-state index < -0.39 is 23.0 Å². The minimum Gasteiger partial charge on any atom is -0.459 e. The molecule has 25 heavy (non-hydrogen) atoms. The summed E-state index contributed by atoms with van der Waals surface area (Å²) >= 11 is 0. The molecular weight excluding hydrogens is 322 g/mol. The Morgan fingerprint density at radius 2 is 1.84 bits per heavy atom. The van der Waals surface area contributed by atoms with Crippen LogP contribution in [0.5, 0.6) is 0 Å². The van der Waals surface area contributed by atoms with Gasteiger partial charge in [-0.05, 0) is 20.8 Å². The third kappa shape index (κ3) is 5.00. The molecule has 7 heteroatoms. The first-order valence-electron chi connectivity index (χ1n) is 7.82. The van der Waals surface area contributed by atoms with Gasteiger partial charge in [-0.2, -0.15) is 0 Å². The van der Waals surface area contributed by atoms with Crippen molar-refractivity contribution in [3.63, 3.8) is 0 Å². The number of benzene rings is 1. The summed E-state index contributed by atoms with van der Waals surface area (Å²) in [5, 5.41) is 2.43. The number of hydrogen-bond acceptors (Lipinski definition) is 5. The number of ether oxygens (including phenoxy) is 1. The van der Waals surface area contributed by atoms with Gasteiger partial charge >= 0.3 is 5.97 Å². The molecule has 132 valence electrons. The SMILES string of the molecule is CC(=O)Nc1cnc(-c2ccccc2)n(CC(=O)OC(C)(C)C)c1=O. The van der Waals surface area contributed by atoms with Crippen molar-refractivity contribution in [3.05, 3.63) is 46.9 Å². The van der Waals surface area contributed by atoms with Gasteiger partial charge in [0.2, 0.25) is 5.91 Å². The highest BCUT2D eigenvalue weighted by Gasteiger charge is 2.20. The van der Waals surface area contributed by atoms with E-state index in [2.05, 4.69) is 10.3 Å². The summed E-state index contributed by atoms with van der Waals surface area (Å²) in [5.41, 5.74) is -0.501. The van der Waals surface area contributed by atoms with Gasteiger partial charge in [0.1, 0.15) is 23.7 Å². The number of hydrogen-bond donors (Lipinski definition) is 1. The third-order valence-corrected chi connectivity index (χ3v) is 3.10. The zero-order valence-corrected chi connectivity index (χ0v) is 14.7. The fourth-order valence-electron chi connectivity index (χ4n) is 2.23. The second-order valence-corrected chi connectivity index (χ2v) is 6.52. The molecule has 0 fully saturated rings. The summed E-state index contributed by atoms with van der Waals surface area (Å²) < 4.78 is 6.50. The van der Waals surface area contributed by atoms with Gasteiger partial charge in [-0.3, -0.25) is 19.0 Å². The van der Waals surface area contributed by atoms with E-state index in [1.165, 1.54) is 17.7 Å². The minimum absolute atomic E-state index is 0.00994. The van der Waals surface area contributed by atoms with Crippen molar-refractivity contribution in [2.45, 2.75) is 39.8 Å². The fraction of sp³-hybridized carbons (Fsp3) is 0.333. The molecule has 7 nitrogen and oxygen atoms in total. The summed E-state index contributed by atoms with van der Waals surface area (Å²) in [7, 11) is 0. The molecule has 1 aromatic heterocycles. The van der Waals surface area contributed by atoms with Gasteiger partial charge in [0.25, 0.3) is 5.56 Å². The molecule has 2 aromatic rings. The predicted molar refractivity (Wildman–Crippen MR) is 94.1 cm³/mol. The summed E-state index contributed by atoms with van der Waals surface area (Å²) in [6, 6.07) is 9.02. The molecule has 0 radical (unpaired) electrons. The molecule has 0 unspecified atom stereocenters. The maximum Gasteiger partial charge on any atom is 0.326 e. The van der Waals surface area contributed by atoms with Crippen LogP contribution in [-0.2, 0) is 20.9 Å². The average Bonchev–Trinajstić information content (AvgIpc) is 2.50. The lowest BCUT2D eigenvalue weighted by Crippen LogP contribution is -2.33.